The van der Waals surface area contributed by atoms with Crippen molar-refractivity contribution in [3.8, 4) is 5.75 Å². The van der Waals surface area contributed by atoms with Crippen LogP contribution in [-0.4, -0.2) is 27.0 Å². The first-order valence-corrected chi connectivity index (χ1v) is 10.2. The largest absolute Gasteiger partial charge is 0.484 e. The van der Waals surface area contributed by atoms with Crippen LogP contribution in [0.2, 0.25) is 5.02 Å². The summed E-state index contributed by atoms with van der Waals surface area (Å²) in [4.78, 5) is 12.0. The lowest BCUT2D eigenvalue weighted by Gasteiger charge is -2.14. The fourth-order valence-corrected chi connectivity index (χ4v) is 3.71. The number of carbonyl (C=O) groups excluding carboxylic acids is 1. The lowest BCUT2D eigenvalue weighted by molar-refractivity contribution is -0.137. The highest BCUT2D eigenvalue weighted by Gasteiger charge is 2.34. The number of halogens is 4. The molecule has 0 aromatic heterocycles. The van der Waals surface area contributed by atoms with Gasteiger partial charge in [0.05, 0.1) is 16.1 Å². The zero-order chi connectivity index (χ0) is 21.8. The highest BCUT2D eigenvalue weighted by atomic mass is 35.5. The Morgan fingerprint density at radius 1 is 1.14 bits per heavy atom. The van der Waals surface area contributed by atoms with Crippen molar-refractivity contribution in [2.24, 2.45) is 0 Å². The van der Waals surface area contributed by atoms with Crippen molar-refractivity contribution in [2.75, 3.05) is 11.9 Å². The van der Waals surface area contributed by atoms with E-state index < -0.39 is 40.0 Å². The third-order valence-corrected chi connectivity index (χ3v) is 5.37. The Morgan fingerprint density at radius 2 is 1.76 bits per heavy atom. The van der Waals surface area contributed by atoms with Gasteiger partial charge in [0, 0.05) is 11.1 Å². The molecule has 0 unspecified atom stereocenters. The maximum atomic E-state index is 13.0. The monoisotopic (exact) mass is 450 g/mol. The third kappa shape index (κ3) is 6.62. The second-order valence-corrected chi connectivity index (χ2v) is 8.42. The minimum atomic E-state index is -4.69. The van der Waals surface area contributed by atoms with Gasteiger partial charge >= 0.3 is 6.18 Å². The zero-order valence-corrected chi connectivity index (χ0v) is 17.0. The van der Waals surface area contributed by atoms with Gasteiger partial charge in [-0.25, -0.2) is 13.1 Å². The van der Waals surface area contributed by atoms with E-state index in [4.69, 9.17) is 16.3 Å². The summed E-state index contributed by atoms with van der Waals surface area (Å²) in [5.41, 5.74) is -1.53. The number of amides is 1. The number of ether oxygens (including phenoxy) is 1. The highest BCUT2D eigenvalue weighted by molar-refractivity contribution is 7.89. The van der Waals surface area contributed by atoms with Gasteiger partial charge in [-0.3, -0.25) is 4.79 Å². The fourth-order valence-electron chi connectivity index (χ4n) is 2.29. The number of benzene rings is 2. The van der Waals surface area contributed by atoms with Crippen molar-refractivity contribution in [1.82, 2.24) is 4.72 Å². The Balaban J connectivity index is 2.02. The average molecular weight is 451 g/mol. The molecule has 0 saturated heterocycles. The number of nitrogens with one attached hydrogen (secondary N) is 2. The number of carbonyl (C=O) groups is 1. The Hall–Kier alpha value is -2.30. The molecule has 0 aliphatic heterocycles. The van der Waals surface area contributed by atoms with Crippen LogP contribution >= 0.6 is 11.6 Å². The van der Waals surface area contributed by atoms with Crippen molar-refractivity contribution in [1.29, 1.82) is 0 Å². The molecule has 0 aliphatic carbocycles. The van der Waals surface area contributed by atoms with Gasteiger partial charge in [0.25, 0.3) is 5.91 Å². The summed E-state index contributed by atoms with van der Waals surface area (Å²) in [7, 11) is -3.67. The first kappa shape index (κ1) is 23.0. The topological polar surface area (TPSA) is 84.5 Å². The van der Waals surface area contributed by atoms with Gasteiger partial charge in [-0.05, 0) is 56.3 Å². The molecule has 0 heterocycles. The summed E-state index contributed by atoms with van der Waals surface area (Å²) < 4.78 is 70.9. The quantitative estimate of drug-likeness (QED) is 0.666. The van der Waals surface area contributed by atoms with Crippen molar-refractivity contribution in [2.45, 2.75) is 31.0 Å². The summed E-state index contributed by atoms with van der Waals surface area (Å²) in [5.74, 6) is -0.646. The van der Waals surface area contributed by atoms with Crippen LogP contribution in [0.3, 0.4) is 0 Å². The molecule has 29 heavy (non-hydrogen) atoms. The van der Waals surface area contributed by atoms with E-state index in [2.05, 4.69) is 10.0 Å². The van der Waals surface area contributed by atoms with Gasteiger partial charge in [-0.2, -0.15) is 13.2 Å². The molecular weight excluding hydrogens is 433 g/mol. The van der Waals surface area contributed by atoms with Gasteiger partial charge in [0.15, 0.2) is 6.61 Å². The predicted molar refractivity (Wildman–Crippen MR) is 102 cm³/mol. The molecule has 6 nitrogen and oxygen atoms in total. The SMILES string of the molecule is CC(C)NS(=O)(=O)c1ccc(OCC(=O)Nc2ccc(Cl)cc2C(F)(F)F)cc1. The smallest absolute Gasteiger partial charge is 0.418 e. The molecule has 1 amide bonds. The van der Waals surface area contributed by atoms with Crippen LogP contribution < -0.4 is 14.8 Å². The van der Waals surface area contributed by atoms with Crippen molar-refractivity contribution in [3.63, 3.8) is 0 Å². The van der Waals surface area contributed by atoms with Crippen LogP contribution in [0.1, 0.15) is 19.4 Å². The molecule has 0 atom stereocenters. The maximum absolute atomic E-state index is 13.0. The first-order chi connectivity index (χ1) is 13.4. The van der Waals surface area contributed by atoms with Crippen LogP contribution in [0, 0.1) is 0 Å². The van der Waals surface area contributed by atoms with E-state index in [1.54, 1.807) is 13.8 Å². The molecule has 0 spiro atoms. The Kier molecular flexibility index (Phi) is 7.15. The summed E-state index contributed by atoms with van der Waals surface area (Å²) in [6.45, 7) is 2.79. The van der Waals surface area contributed by atoms with E-state index in [-0.39, 0.29) is 21.7 Å². The van der Waals surface area contributed by atoms with Crippen LogP contribution in [0.5, 0.6) is 5.75 Å². The standard InChI is InChI=1S/C18H18ClF3N2O4S/c1-11(2)24-29(26,27)14-6-4-13(5-7-14)28-10-17(25)23-16-8-3-12(19)9-15(16)18(20,21)22/h3-9,11,24H,10H2,1-2H3,(H,23,25). The second-order valence-electron chi connectivity index (χ2n) is 6.27. The summed E-state index contributed by atoms with van der Waals surface area (Å²) in [5, 5.41) is 2.01. The molecule has 0 aliphatic rings. The van der Waals surface area contributed by atoms with Crippen LogP contribution in [0.4, 0.5) is 18.9 Å². The molecule has 2 aromatic rings. The lowest BCUT2D eigenvalue weighted by atomic mass is 10.1. The van der Waals surface area contributed by atoms with E-state index >= 15 is 0 Å². The Morgan fingerprint density at radius 3 is 2.31 bits per heavy atom. The number of sulfonamides is 1. The van der Waals surface area contributed by atoms with E-state index in [0.29, 0.717) is 6.07 Å². The summed E-state index contributed by atoms with van der Waals surface area (Å²) in [6, 6.07) is 7.95. The normalized spacial score (nSPS) is 12.1. The molecule has 0 saturated carbocycles. The molecule has 0 radical (unpaired) electrons. The summed E-state index contributed by atoms with van der Waals surface area (Å²) in [6.07, 6.45) is -4.69. The molecule has 11 heteroatoms. The maximum Gasteiger partial charge on any atom is 0.418 e. The second kappa shape index (κ2) is 9.02. The number of rotatable bonds is 7. The molecule has 0 bridgehead atoms. The number of anilines is 1. The average Bonchev–Trinajstić information content (AvgIpc) is 2.60. The molecule has 2 aromatic carbocycles. The molecule has 158 valence electrons. The van der Waals surface area contributed by atoms with Crippen molar-refractivity contribution in [3.05, 3.63) is 53.1 Å². The Labute approximate surface area is 171 Å². The van der Waals surface area contributed by atoms with E-state index in [1.165, 1.54) is 30.3 Å². The van der Waals surface area contributed by atoms with E-state index in [0.717, 1.165) is 6.07 Å². The Bertz CT molecular complexity index is 978. The predicted octanol–water partition coefficient (Wildman–Crippen LogP) is 4.06. The lowest BCUT2D eigenvalue weighted by Crippen LogP contribution is -2.30. The minimum absolute atomic E-state index is 0.0129. The summed E-state index contributed by atoms with van der Waals surface area (Å²) >= 11 is 5.59. The molecule has 2 rings (SSSR count). The third-order valence-electron chi connectivity index (χ3n) is 3.46. The van der Waals surface area contributed by atoms with Gasteiger partial charge in [0.1, 0.15) is 5.75 Å². The van der Waals surface area contributed by atoms with Crippen molar-refractivity contribution < 1.29 is 31.1 Å². The zero-order valence-electron chi connectivity index (χ0n) is 15.4. The van der Waals surface area contributed by atoms with Gasteiger partial charge in [-0.1, -0.05) is 11.6 Å². The van der Waals surface area contributed by atoms with Gasteiger partial charge < -0.3 is 10.1 Å². The van der Waals surface area contributed by atoms with Crippen molar-refractivity contribution >= 4 is 33.2 Å². The van der Waals surface area contributed by atoms with Crippen LogP contribution in [0.25, 0.3) is 0 Å². The van der Waals surface area contributed by atoms with Crippen LogP contribution in [0.15, 0.2) is 47.4 Å². The van der Waals surface area contributed by atoms with Gasteiger partial charge in [0.2, 0.25) is 10.0 Å². The van der Waals surface area contributed by atoms with Crippen LogP contribution in [-0.2, 0) is 21.0 Å². The fraction of sp³-hybridized carbons (Fsp3) is 0.278. The van der Waals surface area contributed by atoms with E-state index in [9.17, 15) is 26.4 Å². The first-order valence-electron chi connectivity index (χ1n) is 8.30. The molecule has 0 fully saturated rings. The van der Waals surface area contributed by atoms with E-state index in [1.807, 2.05) is 0 Å². The highest BCUT2D eigenvalue weighted by Crippen LogP contribution is 2.36. The number of alkyl halides is 3. The molecule has 2 N–H and O–H groups in total. The number of hydrogen-bond acceptors (Lipinski definition) is 4. The number of hydrogen-bond donors (Lipinski definition) is 2. The minimum Gasteiger partial charge on any atom is -0.484 e. The molecular formula is C18H18ClF3N2O4S. The van der Waals surface area contributed by atoms with Gasteiger partial charge in [-0.15, -0.1) is 0 Å².